The van der Waals surface area contributed by atoms with E-state index in [2.05, 4.69) is 0 Å². The summed E-state index contributed by atoms with van der Waals surface area (Å²) in [5, 5.41) is 21.2. The predicted molar refractivity (Wildman–Crippen MR) is 124 cm³/mol. The van der Waals surface area contributed by atoms with Crippen molar-refractivity contribution in [1.82, 2.24) is 4.90 Å². The molecule has 0 radical (unpaired) electrons. The number of ether oxygens (including phenoxy) is 3. The number of amides is 1. The highest BCUT2D eigenvalue weighted by Gasteiger charge is 2.61. The molecule has 2 aromatic rings. The molecule has 1 aliphatic rings. The molecule has 1 fully saturated rings. The van der Waals surface area contributed by atoms with E-state index in [4.69, 9.17) is 14.2 Å². The second-order valence-corrected chi connectivity index (χ2v) is 7.93. The maximum Gasteiger partial charge on any atom is 0.338 e. The third-order valence-electron chi connectivity index (χ3n) is 5.37. The highest BCUT2D eigenvalue weighted by atomic mass is 16.6. The van der Waals surface area contributed by atoms with Crippen LogP contribution in [0.5, 0.6) is 0 Å². The first-order valence-corrected chi connectivity index (χ1v) is 10.9. The highest BCUT2D eigenvalue weighted by Crippen LogP contribution is 2.37. The molecule has 1 aliphatic heterocycles. The molecule has 0 saturated carbocycles. The lowest BCUT2D eigenvalue weighted by Crippen LogP contribution is -2.56. The summed E-state index contributed by atoms with van der Waals surface area (Å²) < 4.78 is 16.6. The van der Waals surface area contributed by atoms with E-state index in [1.807, 2.05) is 0 Å². The first kappa shape index (κ1) is 26.3. The van der Waals surface area contributed by atoms with Crippen LogP contribution in [0.4, 0.5) is 0 Å². The van der Waals surface area contributed by atoms with Gasteiger partial charge in [0.2, 0.25) is 5.91 Å². The standard InChI is InChI=1S/C26H24N2O8/c1-17(29)13-14-28(18(2)30)26(16-27)23(31)22(35-25(33)20-11-7-4-8-12-20)21(36-26)15-34-24(32)19-9-5-3-6-10-19/h3-14,21-23,31H,15H2,1-2H3/b14-13-/t21-,22-,23-,26-/m1/s1. The van der Waals surface area contributed by atoms with Crippen LogP contribution in [-0.2, 0) is 23.8 Å². The Kier molecular flexibility index (Phi) is 8.32. The lowest BCUT2D eigenvalue weighted by molar-refractivity contribution is -0.161. The summed E-state index contributed by atoms with van der Waals surface area (Å²) in [6, 6.07) is 17.7. The number of carbonyl (C=O) groups is 4. The summed E-state index contributed by atoms with van der Waals surface area (Å²) >= 11 is 0. The summed E-state index contributed by atoms with van der Waals surface area (Å²) in [7, 11) is 0. The van der Waals surface area contributed by atoms with Crippen molar-refractivity contribution in [3.63, 3.8) is 0 Å². The summed E-state index contributed by atoms with van der Waals surface area (Å²) in [5.74, 6) is -2.70. The van der Waals surface area contributed by atoms with Crippen molar-refractivity contribution in [2.24, 2.45) is 0 Å². The minimum absolute atomic E-state index is 0.166. The van der Waals surface area contributed by atoms with Crippen LogP contribution in [0.2, 0.25) is 0 Å². The van der Waals surface area contributed by atoms with Crippen LogP contribution in [0.25, 0.3) is 0 Å². The van der Waals surface area contributed by atoms with Gasteiger partial charge in [0.05, 0.1) is 11.1 Å². The monoisotopic (exact) mass is 492 g/mol. The molecular weight excluding hydrogens is 468 g/mol. The lowest BCUT2D eigenvalue weighted by Gasteiger charge is -2.34. The Balaban J connectivity index is 1.93. The maximum absolute atomic E-state index is 12.8. The molecule has 10 nitrogen and oxygen atoms in total. The molecule has 4 atom stereocenters. The number of benzene rings is 2. The summed E-state index contributed by atoms with van der Waals surface area (Å²) in [4.78, 5) is 49.8. The second-order valence-electron chi connectivity index (χ2n) is 7.93. The van der Waals surface area contributed by atoms with Gasteiger partial charge in [0, 0.05) is 13.1 Å². The Bertz CT molecular complexity index is 1190. The number of carbonyl (C=O) groups excluding carboxylic acids is 4. The van der Waals surface area contributed by atoms with Gasteiger partial charge < -0.3 is 19.3 Å². The van der Waals surface area contributed by atoms with Crippen LogP contribution in [0.15, 0.2) is 72.9 Å². The SMILES string of the molecule is CC(=O)/C=C\N(C(C)=O)[C@]1(C#N)O[C@H](COC(=O)c2ccccc2)[C@@H](OC(=O)c2ccccc2)[C@H]1O. The van der Waals surface area contributed by atoms with Gasteiger partial charge >= 0.3 is 11.9 Å². The second kappa shape index (κ2) is 11.4. The largest absolute Gasteiger partial charge is 0.459 e. The number of rotatable bonds is 8. The van der Waals surface area contributed by atoms with Crippen molar-refractivity contribution in [1.29, 1.82) is 5.26 Å². The van der Waals surface area contributed by atoms with E-state index in [9.17, 15) is 29.5 Å². The summed E-state index contributed by atoms with van der Waals surface area (Å²) in [5.41, 5.74) is -1.96. The number of allylic oxidation sites excluding steroid dienone is 1. The van der Waals surface area contributed by atoms with Gasteiger partial charge in [0.25, 0.3) is 5.72 Å². The fraction of sp³-hybridized carbons (Fsp3) is 0.269. The molecule has 186 valence electrons. The van der Waals surface area contributed by atoms with Crippen molar-refractivity contribution >= 4 is 23.6 Å². The zero-order valence-corrected chi connectivity index (χ0v) is 19.6. The molecule has 1 N–H and O–H groups in total. The number of nitriles is 1. The quantitative estimate of drug-likeness (QED) is 0.432. The van der Waals surface area contributed by atoms with E-state index < -0.39 is 54.3 Å². The molecule has 36 heavy (non-hydrogen) atoms. The Hall–Kier alpha value is -4.33. The average Bonchev–Trinajstić information content (AvgIpc) is 3.14. The number of hydrogen-bond acceptors (Lipinski definition) is 9. The zero-order valence-electron chi connectivity index (χ0n) is 19.6. The van der Waals surface area contributed by atoms with Crippen molar-refractivity contribution in [3.05, 3.63) is 84.1 Å². The molecule has 1 amide bonds. The molecule has 2 aromatic carbocycles. The summed E-state index contributed by atoms with van der Waals surface area (Å²) in [6.07, 6.45) is -2.69. The van der Waals surface area contributed by atoms with Crippen LogP contribution in [0.1, 0.15) is 34.6 Å². The van der Waals surface area contributed by atoms with Crippen LogP contribution >= 0.6 is 0 Å². The number of nitrogens with zero attached hydrogens (tertiary/aromatic N) is 2. The van der Waals surface area contributed by atoms with Gasteiger partial charge in [-0.15, -0.1) is 0 Å². The zero-order chi connectivity index (χ0) is 26.3. The number of aliphatic hydroxyl groups is 1. The van der Waals surface area contributed by atoms with E-state index in [-0.39, 0.29) is 11.1 Å². The number of aliphatic hydroxyl groups excluding tert-OH is 1. The first-order valence-electron chi connectivity index (χ1n) is 10.9. The summed E-state index contributed by atoms with van der Waals surface area (Å²) in [6.45, 7) is 1.83. The van der Waals surface area contributed by atoms with E-state index in [0.717, 1.165) is 24.1 Å². The van der Waals surface area contributed by atoms with Gasteiger partial charge in [0.15, 0.2) is 18.0 Å². The van der Waals surface area contributed by atoms with Gasteiger partial charge in [-0.25, -0.2) is 9.59 Å². The van der Waals surface area contributed by atoms with Gasteiger partial charge in [-0.2, -0.15) is 5.26 Å². The Morgan fingerprint density at radius 3 is 2.08 bits per heavy atom. The van der Waals surface area contributed by atoms with Crippen LogP contribution in [-0.4, -0.2) is 64.3 Å². The molecule has 10 heteroatoms. The Morgan fingerprint density at radius 1 is 1.03 bits per heavy atom. The van der Waals surface area contributed by atoms with E-state index in [0.29, 0.717) is 0 Å². The molecule has 0 bridgehead atoms. The van der Waals surface area contributed by atoms with Crippen molar-refractivity contribution in [3.8, 4) is 6.07 Å². The van der Waals surface area contributed by atoms with Crippen molar-refractivity contribution in [2.45, 2.75) is 37.9 Å². The van der Waals surface area contributed by atoms with Crippen molar-refractivity contribution < 1.29 is 38.5 Å². The minimum atomic E-state index is -2.37. The highest BCUT2D eigenvalue weighted by molar-refractivity contribution is 5.90. The number of esters is 2. The van der Waals surface area contributed by atoms with Gasteiger partial charge in [-0.3, -0.25) is 14.5 Å². The lowest BCUT2D eigenvalue weighted by atomic mass is 10.0. The van der Waals surface area contributed by atoms with Crippen LogP contribution in [0, 0.1) is 11.3 Å². The molecule has 0 aromatic heterocycles. The molecule has 0 unspecified atom stereocenters. The predicted octanol–water partition coefficient (Wildman–Crippen LogP) is 2.00. The third kappa shape index (κ3) is 5.66. The molecule has 0 aliphatic carbocycles. The Morgan fingerprint density at radius 2 is 1.58 bits per heavy atom. The van der Waals surface area contributed by atoms with Crippen LogP contribution < -0.4 is 0 Å². The average molecular weight is 492 g/mol. The van der Waals surface area contributed by atoms with E-state index in [1.165, 1.54) is 31.2 Å². The third-order valence-corrected chi connectivity index (χ3v) is 5.37. The molecule has 1 saturated heterocycles. The van der Waals surface area contributed by atoms with Gasteiger partial charge in [0.1, 0.15) is 18.8 Å². The Labute approximate surface area is 207 Å². The minimum Gasteiger partial charge on any atom is -0.459 e. The molecular formula is C26H24N2O8. The first-order chi connectivity index (χ1) is 17.2. The van der Waals surface area contributed by atoms with E-state index >= 15 is 0 Å². The number of hydrogen-bond donors (Lipinski definition) is 1. The van der Waals surface area contributed by atoms with Gasteiger partial charge in [-0.05, 0) is 37.3 Å². The fourth-order valence-corrected chi connectivity index (χ4v) is 3.62. The smallest absolute Gasteiger partial charge is 0.338 e. The maximum atomic E-state index is 12.8. The molecule has 3 rings (SSSR count). The fourth-order valence-electron chi connectivity index (χ4n) is 3.62. The number of ketones is 1. The normalized spacial score (nSPS) is 23.0. The van der Waals surface area contributed by atoms with Gasteiger partial charge in [-0.1, -0.05) is 36.4 Å². The topological polar surface area (TPSA) is 143 Å². The molecule has 0 spiro atoms. The molecule has 1 heterocycles. The van der Waals surface area contributed by atoms with E-state index in [1.54, 1.807) is 42.5 Å². The van der Waals surface area contributed by atoms with Crippen LogP contribution in [0.3, 0.4) is 0 Å². The van der Waals surface area contributed by atoms with Crippen molar-refractivity contribution in [2.75, 3.05) is 6.61 Å².